The van der Waals surface area contributed by atoms with Gasteiger partial charge in [0.05, 0.1) is 30.1 Å². The van der Waals surface area contributed by atoms with E-state index in [1.165, 1.54) is 8.96 Å². The molecule has 0 spiro atoms. The molecule has 0 bridgehead atoms. The van der Waals surface area contributed by atoms with Crippen LogP contribution in [0.2, 0.25) is 0 Å². The topological polar surface area (TPSA) is 40.2 Å². The molecular weight excluding hydrogens is 697 g/mol. The Labute approximate surface area is 327 Å². The van der Waals surface area contributed by atoms with Gasteiger partial charge in [-0.05, 0) is 103 Å². The fourth-order valence-electron chi connectivity index (χ4n) is 7.68. The summed E-state index contributed by atoms with van der Waals surface area (Å²) < 4.78 is 37.3. The number of benzene rings is 3. The molecule has 0 N–H and O–H groups in total. The Balaban J connectivity index is 1.16. The van der Waals surface area contributed by atoms with Crippen molar-refractivity contribution in [3.05, 3.63) is 202 Å². The Morgan fingerprint density at radius 3 is 1.82 bits per heavy atom. The van der Waals surface area contributed by atoms with Crippen LogP contribution >= 0.6 is 0 Å². The first kappa shape index (κ1) is 36.4. The smallest absolute Gasteiger partial charge is 0.390 e. The highest BCUT2D eigenvalue weighted by molar-refractivity contribution is 6.58. The highest BCUT2D eigenvalue weighted by Gasteiger charge is 2.55. The summed E-state index contributed by atoms with van der Waals surface area (Å²) in [6.07, 6.45) is 12.9. The number of nitrogens with zero attached hydrogens (tertiary/aromatic N) is 6. The molecule has 2 aliphatic rings. The Kier molecular flexibility index (Phi) is 9.91. The van der Waals surface area contributed by atoms with Gasteiger partial charge in [0, 0.05) is 67.0 Å². The molecule has 6 aromatic rings. The first-order valence-corrected chi connectivity index (χ1v) is 18.8. The standard InChI is InChI=1S/C47H43BF2N6/c1-34-30-43(26-20-36-16-22-41(23-17-36)53(3)4)55-46(34)45(38-12-6-5-7-13-38)47-35(2)31-44(56(47)48(55,49)50)27-21-37-18-24-42(25-19-37)54(32-39-14-8-10-28-51-39)33-40-15-9-11-29-52-40/h5-31H,32-33H2,1-4H3/b26-20+,27-21+. The second kappa shape index (κ2) is 15.3. The number of aromatic nitrogens is 3. The van der Waals surface area contributed by atoms with E-state index in [1.807, 2.05) is 172 Å². The van der Waals surface area contributed by atoms with E-state index in [1.54, 1.807) is 12.4 Å². The highest BCUT2D eigenvalue weighted by atomic mass is 19.2. The van der Waals surface area contributed by atoms with Gasteiger partial charge in [-0.25, -0.2) is 0 Å². The summed E-state index contributed by atoms with van der Waals surface area (Å²) in [6.45, 7) is 0.791. The molecule has 5 heterocycles. The van der Waals surface area contributed by atoms with Crippen molar-refractivity contribution >= 4 is 47.9 Å². The number of fused-ring (bicyclic) bond motifs is 2. The average Bonchev–Trinajstić information content (AvgIpc) is 3.74. The zero-order valence-corrected chi connectivity index (χ0v) is 32.0. The second-order valence-corrected chi connectivity index (χ2v) is 14.5. The predicted octanol–water partition coefficient (Wildman–Crippen LogP) is 10.2. The number of hydrogen-bond acceptors (Lipinski definition) is 4. The lowest BCUT2D eigenvalue weighted by Crippen LogP contribution is -2.51. The molecule has 0 aliphatic carbocycles. The van der Waals surface area contributed by atoms with Crippen molar-refractivity contribution in [2.45, 2.75) is 26.9 Å². The Morgan fingerprint density at radius 2 is 1.25 bits per heavy atom. The minimum Gasteiger partial charge on any atom is -0.390 e. The lowest BCUT2D eigenvalue weighted by atomic mass is 9.83. The van der Waals surface area contributed by atoms with Gasteiger partial charge in [-0.1, -0.05) is 72.8 Å². The first-order valence-electron chi connectivity index (χ1n) is 18.8. The molecule has 0 amide bonds. The maximum absolute atomic E-state index is 17.4. The van der Waals surface area contributed by atoms with Gasteiger partial charge in [0.25, 0.3) is 0 Å². The van der Waals surface area contributed by atoms with Gasteiger partial charge in [-0.3, -0.25) is 9.97 Å². The van der Waals surface area contributed by atoms with Crippen LogP contribution in [-0.2, 0) is 13.1 Å². The molecule has 3 aromatic heterocycles. The maximum Gasteiger partial charge on any atom is 0.737 e. The maximum atomic E-state index is 17.4. The SMILES string of the molecule is CC1=CC(/C=C/c2ccc(N(C)C)cc2)=[N+]2C1=C(c1ccccc1)c1c(C)cc(/C=C/c3ccc(N(Cc4ccccn4)Cc4ccccn4)cc3)n1[B-]2(F)F. The van der Waals surface area contributed by atoms with Gasteiger partial charge in [0.2, 0.25) is 0 Å². The molecule has 0 radical (unpaired) electrons. The summed E-state index contributed by atoms with van der Waals surface area (Å²) in [4.78, 5) is 13.4. The monoisotopic (exact) mass is 740 g/mol. The summed E-state index contributed by atoms with van der Waals surface area (Å²) in [5, 5.41) is 0. The van der Waals surface area contributed by atoms with Gasteiger partial charge in [0.1, 0.15) is 0 Å². The number of halogens is 2. The van der Waals surface area contributed by atoms with Crippen LogP contribution in [0.3, 0.4) is 0 Å². The van der Waals surface area contributed by atoms with Crippen molar-refractivity contribution < 1.29 is 13.1 Å². The molecular formula is C47H43BF2N6. The first-order chi connectivity index (χ1) is 27.2. The highest BCUT2D eigenvalue weighted by Crippen LogP contribution is 2.44. The molecule has 2 aliphatic heterocycles. The van der Waals surface area contributed by atoms with Crippen molar-refractivity contribution in [3.8, 4) is 0 Å². The van der Waals surface area contributed by atoms with Crippen LogP contribution in [-0.4, -0.2) is 45.7 Å². The van der Waals surface area contributed by atoms with E-state index in [2.05, 4.69) is 27.0 Å². The molecule has 8 rings (SSSR count). The molecule has 56 heavy (non-hydrogen) atoms. The molecule has 6 nitrogen and oxygen atoms in total. The van der Waals surface area contributed by atoms with Crippen molar-refractivity contribution in [1.29, 1.82) is 0 Å². The third kappa shape index (κ3) is 7.16. The van der Waals surface area contributed by atoms with Crippen molar-refractivity contribution in [3.63, 3.8) is 0 Å². The minimum absolute atomic E-state index is 0.443. The molecule has 0 fully saturated rings. The van der Waals surface area contributed by atoms with E-state index < -0.39 is 6.97 Å². The molecule has 0 saturated heterocycles. The summed E-state index contributed by atoms with van der Waals surface area (Å²) >= 11 is 0. The normalized spacial score (nSPS) is 14.7. The van der Waals surface area contributed by atoms with E-state index in [4.69, 9.17) is 0 Å². The van der Waals surface area contributed by atoms with Crippen LogP contribution in [0.5, 0.6) is 0 Å². The third-order valence-electron chi connectivity index (χ3n) is 10.4. The number of rotatable bonds is 11. The minimum atomic E-state index is -4.29. The number of allylic oxidation sites excluding steroid dienone is 3. The Hall–Kier alpha value is -6.61. The number of pyridine rings is 2. The lowest BCUT2D eigenvalue weighted by molar-refractivity contribution is -0.362. The van der Waals surface area contributed by atoms with E-state index >= 15 is 8.63 Å². The molecule has 278 valence electrons. The van der Waals surface area contributed by atoms with Crippen LogP contribution in [0.4, 0.5) is 20.0 Å². The predicted molar refractivity (Wildman–Crippen MR) is 228 cm³/mol. The zero-order valence-electron chi connectivity index (χ0n) is 32.0. The molecule has 0 atom stereocenters. The Morgan fingerprint density at radius 1 is 0.679 bits per heavy atom. The summed E-state index contributed by atoms with van der Waals surface area (Å²) in [6, 6.07) is 39.8. The van der Waals surface area contributed by atoms with Crippen LogP contribution in [0, 0.1) is 6.92 Å². The quantitative estimate of drug-likeness (QED) is 0.124. The van der Waals surface area contributed by atoms with Crippen molar-refractivity contribution in [2.24, 2.45) is 0 Å². The largest absolute Gasteiger partial charge is 0.737 e. The lowest BCUT2D eigenvalue weighted by Gasteiger charge is -2.34. The summed E-state index contributed by atoms with van der Waals surface area (Å²) in [7, 11) is 3.99. The average molecular weight is 741 g/mol. The number of anilines is 2. The summed E-state index contributed by atoms with van der Waals surface area (Å²) in [5.74, 6) is 0. The molecule has 9 heteroatoms. The van der Waals surface area contributed by atoms with E-state index in [0.29, 0.717) is 35.9 Å². The third-order valence-corrected chi connectivity index (χ3v) is 10.4. The van der Waals surface area contributed by atoms with E-state index in [0.717, 1.165) is 56.2 Å². The second-order valence-electron chi connectivity index (χ2n) is 14.5. The van der Waals surface area contributed by atoms with Gasteiger partial charge in [-0.15, -0.1) is 0 Å². The fraction of sp³-hybridized carbons (Fsp3) is 0.128. The molecule has 3 aromatic carbocycles. The fourth-order valence-corrected chi connectivity index (χ4v) is 7.68. The van der Waals surface area contributed by atoms with Crippen molar-refractivity contribution in [2.75, 3.05) is 23.9 Å². The molecule has 0 unspecified atom stereocenters. The number of hydrogen-bond donors (Lipinski definition) is 0. The van der Waals surface area contributed by atoms with Crippen LogP contribution in [0.15, 0.2) is 157 Å². The van der Waals surface area contributed by atoms with Crippen LogP contribution < -0.4 is 9.80 Å². The van der Waals surface area contributed by atoms with E-state index in [9.17, 15) is 0 Å². The van der Waals surface area contributed by atoms with Crippen LogP contribution in [0.25, 0.3) is 23.8 Å². The molecule has 0 saturated carbocycles. The van der Waals surface area contributed by atoms with Gasteiger partial charge < -0.3 is 27.4 Å². The van der Waals surface area contributed by atoms with E-state index in [-0.39, 0.29) is 0 Å². The van der Waals surface area contributed by atoms with Gasteiger partial charge >= 0.3 is 6.97 Å². The van der Waals surface area contributed by atoms with Gasteiger partial charge in [0.15, 0.2) is 11.4 Å². The van der Waals surface area contributed by atoms with Crippen LogP contribution in [0.1, 0.15) is 52.0 Å². The van der Waals surface area contributed by atoms with Gasteiger partial charge in [-0.2, -0.15) is 0 Å². The number of aryl methyl sites for hydroxylation is 1. The Bertz CT molecular complexity index is 2480. The summed E-state index contributed by atoms with van der Waals surface area (Å²) in [5.41, 5.74) is 11.1. The van der Waals surface area contributed by atoms with Crippen molar-refractivity contribution in [1.82, 2.24) is 14.4 Å². The zero-order chi connectivity index (χ0) is 38.8.